The van der Waals surface area contributed by atoms with Gasteiger partial charge in [-0.1, -0.05) is 55.5 Å². The average Bonchev–Trinajstić information content (AvgIpc) is 3.03. The van der Waals surface area contributed by atoms with E-state index in [1.807, 2.05) is 48.5 Å². The van der Waals surface area contributed by atoms with Gasteiger partial charge in [-0.3, -0.25) is 4.90 Å². The SMILES string of the molecule is CC1C(CN2CCOCCOCCOCCOCCOCC2)OC(c2ccc(CN)cc2)OC1c1ccc(CO)cc1. The molecule has 2 aliphatic rings. The molecule has 0 aromatic heterocycles. The van der Waals surface area contributed by atoms with Gasteiger partial charge in [-0.05, 0) is 16.7 Å². The van der Waals surface area contributed by atoms with E-state index in [1.54, 1.807) is 0 Å². The molecule has 2 fully saturated rings. The van der Waals surface area contributed by atoms with E-state index in [0.29, 0.717) is 79.2 Å². The van der Waals surface area contributed by atoms with Crippen LogP contribution in [0, 0.1) is 5.92 Å². The molecule has 2 aromatic rings. The molecule has 4 rings (SSSR count). The Kier molecular flexibility index (Phi) is 14.6. The van der Waals surface area contributed by atoms with Crippen LogP contribution in [0.15, 0.2) is 48.5 Å². The van der Waals surface area contributed by atoms with Crippen molar-refractivity contribution >= 4 is 0 Å². The number of aliphatic hydroxyl groups excluding tert-OH is 1. The minimum Gasteiger partial charge on any atom is -0.392 e. The summed E-state index contributed by atoms with van der Waals surface area (Å²) in [5.41, 5.74) is 9.78. The predicted molar refractivity (Wildman–Crippen MR) is 158 cm³/mol. The van der Waals surface area contributed by atoms with Gasteiger partial charge in [0.05, 0.1) is 84.9 Å². The number of aliphatic hydroxyl groups is 1. The summed E-state index contributed by atoms with van der Waals surface area (Å²) in [7, 11) is 0. The zero-order chi connectivity index (χ0) is 29.4. The molecule has 42 heavy (non-hydrogen) atoms. The van der Waals surface area contributed by atoms with Crippen molar-refractivity contribution in [2.24, 2.45) is 11.7 Å². The van der Waals surface area contributed by atoms with Crippen LogP contribution in [-0.4, -0.2) is 102 Å². The van der Waals surface area contributed by atoms with Crippen LogP contribution in [0.3, 0.4) is 0 Å². The van der Waals surface area contributed by atoms with Gasteiger partial charge in [0, 0.05) is 37.7 Å². The molecule has 10 nitrogen and oxygen atoms in total. The fraction of sp³-hybridized carbons (Fsp3) is 0.625. The molecule has 4 unspecified atom stereocenters. The first kappa shape index (κ1) is 32.9. The molecular weight excluding hydrogens is 540 g/mol. The largest absolute Gasteiger partial charge is 0.392 e. The summed E-state index contributed by atoms with van der Waals surface area (Å²) in [6, 6.07) is 16.1. The van der Waals surface area contributed by atoms with E-state index in [0.717, 1.165) is 35.3 Å². The number of hydrogen-bond acceptors (Lipinski definition) is 10. The molecule has 2 aromatic carbocycles. The lowest BCUT2D eigenvalue weighted by Crippen LogP contribution is -2.46. The van der Waals surface area contributed by atoms with Crippen molar-refractivity contribution in [3.63, 3.8) is 0 Å². The molecule has 4 atom stereocenters. The van der Waals surface area contributed by atoms with Gasteiger partial charge < -0.3 is 44.0 Å². The van der Waals surface area contributed by atoms with Crippen LogP contribution in [0.4, 0.5) is 0 Å². The third-order valence-electron chi connectivity index (χ3n) is 7.64. The second kappa shape index (κ2) is 18.6. The summed E-state index contributed by atoms with van der Waals surface area (Å²) in [4.78, 5) is 2.34. The first-order chi connectivity index (χ1) is 20.7. The minimum absolute atomic E-state index is 0.00891. The Hall–Kier alpha value is -1.96. The predicted octanol–water partition coefficient (Wildman–Crippen LogP) is 2.83. The van der Waals surface area contributed by atoms with Crippen molar-refractivity contribution in [1.82, 2.24) is 4.90 Å². The number of nitrogens with zero attached hydrogens (tertiary/aromatic N) is 1. The molecule has 0 amide bonds. The number of nitrogens with two attached hydrogens (primary N) is 1. The van der Waals surface area contributed by atoms with E-state index in [1.165, 1.54) is 0 Å². The molecule has 0 radical (unpaired) electrons. The molecule has 0 saturated carbocycles. The minimum atomic E-state index is -0.522. The van der Waals surface area contributed by atoms with Crippen molar-refractivity contribution in [1.29, 1.82) is 0 Å². The Morgan fingerprint density at radius 3 is 1.64 bits per heavy atom. The maximum atomic E-state index is 9.54. The number of benzene rings is 2. The van der Waals surface area contributed by atoms with E-state index in [-0.39, 0.29) is 24.7 Å². The Morgan fingerprint density at radius 2 is 1.14 bits per heavy atom. The lowest BCUT2D eigenvalue weighted by molar-refractivity contribution is -0.276. The van der Waals surface area contributed by atoms with Crippen LogP contribution in [0.5, 0.6) is 0 Å². The van der Waals surface area contributed by atoms with E-state index in [9.17, 15) is 5.11 Å². The number of ether oxygens (including phenoxy) is 7. The maximum Gasteiger partial charge on any atom is 0.184 e. The molecule has 234 valence electrons. The molecular formula is C32H48N2O8. The maximum absolute atomic E-state index is 9.54. The second-order valence-electron chi connectivity index (χ2n) is 10.6. The van der Waals surface area contributed by atoms with Gasteiger partial charge >= 0.3 is 0 Å². The third kappa shape index (κ3) is 10.6. The van der Waals surface area contributed by atoms with Gasteiger partial charge in [0.15, 0.2) is 6.29 Å². The molecule has 0 aliphatic carbocycles. The van der Waals surface area contributed by atoms with Gasteiger partial charge in [-0.25, -0.2) is 0 Å². The smallest absolute Gasteiger partial charge is 0.184 e. The van der Waals surface area contributed by atoms with E-state index in [2.05, 4.69) is 11.8 Å². The fourth-order valence-electron chi connectivity index (χ4n) is 5.06. The van der Waals surface area contributed by atoms with Gasteiger partial charge in [0.2, 0.25) is 0 Å². The summed E-state index contributed by atoms with van der Waals surface area (Å²) < 4.78 is 41.7. The van der Waals surface area contributed by atoms with Crippen molar-refractivity contribution in [3.8, 4) is 0 Å². The van der Waals surface area contributed by atoms with Crippen LogP contribution in [0.2, 0.25) is 0 Å². The third-order valence-corrected chi connectivity index (χ3v) is 7.64. The van der Waals surface area contributed by atoms with Gasteiger partial charge in [-0.15, -0.1) is 0 Å². The normalized spacial score (nSPS) is 26.7. The van der Waals surface area contributed by atoms with Crippen LogP contribution < -0.4 is 5.73 Å². The summed E-state index contributed by atoms with van der Waals surface area (Å²) >= 11 is 0. The van der Waals surface area contributed by atoms with Gasteiger partial charge in [-0.2, -0.15) is 0 Å². The highest BCUT2D eigenvalue weighted by Crippen LogP contribution is 2.41. The molecule has 2 saturated heterocycles. The zero-order valence-corrected chi connectivity index (χ0v) is 24.9. The Bertz CT molecular complexity index is 975. The Morgan fingerprint density at radius 1 is 0.667 bits per heavy atom. The lowest BCUT2D eigenvalue weighted by atomic mass is 9.90. The summed E-state index contributed by atoms with van der Waals surface area (Å²) in [6.45, 7) is 10.3. The average molecular weight is 589 g/mol. The first-order valence-electron chi connectivity index (χ1n) is 15.1. The highest BCUT2D eigenvalue weighted by molar-refractivity contribution is 5.27. The van der Waals surface area contributed by atoms with Crippen molar-refractivity contribution < 1.29 is 38.3 Å². The Labute approximate surface area is 249 Å². The van der Waals surface area contributed by atoms with Crippen molar-refractivity contribution in [2.45, 2.75) is 38.6 Å². The molecule has 2 aliphatic heterocycles. The van der Waals surface area contributed by atoms with E-state index >= 15 is 0 Å². The number of rotatable bonds is 6. The topological polar surface area (TPSA) is 114 Å². The van der Waals surface area contributed by atoms with Gasteiger partial charge in [0.25, 0.3) is 0 Å². The molecule has 2 heterocycles. The van der Waals surface area contributed by atoms with Crippen LogP contribution in [0.25, 0.3) is 0 Å². The van der Waals surface area contributed by atoms with E-state index in [4.69, 9.17) is 38.9 Å². The second-order valence-corrected chi connectivity index (χ2v) is 10.6. The highest BCUT2D eigenvalue weighted by atomic mass is 16.7. The van der Waals surface area contributed by atoms with Crippen molar-refractivity contribution in [2.75, 3.05) is 85.7 Å². The van der Waals surface area contributed by atoms with Crippen LogP contribution >= 0.6 is 0 Å². The monoisotopic (exact) mass is 588 g/mol. The summed E-state index contributed by atoms with van der Waals surface area (Å²) in [6.07, 6.45) is -0.807. The molecule has 10 heteroatoms. The fourth-order valence-corrected chi connectivity index (χ4v) is 5.06. The quantitative estimate of drug-likeness (QED) is 0.522. The Balaban J connectivity index is 1.45. The lowest BCUT2D eigenvalue weighted by Gasteiger charge is -2.43. The molecule has 3 N–H and O–H groups in total. The first-order valence-corrected chi connectivity index (χ1v) is 15.1. The van der Waals surface area contributed by atoms with Gasteiger partial charge in [0.1, 0.15) is 0 Å². The zero-order valence-electron chi connectivity index (χ0n) is 24.9. The van der Waals surface area contributed by atoms with Crippen LogP contribution in [-0.2, 0) is 46.3 Å². The molecule has 0 bridgehead atoms. The standard InChI is InChI=1S/C32H48N2O8/c1-25-30(23-34-10-12-36-14-16-38-18-20-40-21-19-39-17-15-37-13-11-34)41-32(29-8-2-26(22-33)3-9-29)42-31(25)28-6-4-27(24-35)5-7-28/h2-9,25,30-32,35H,10-24,33H2,1H3. The highest BCUT2D eigenvalue weighted by Gasteiger charge is 2.39. The number of hydrogen-bond donors (Lipinski definition) is 2. The summed E-state index contributed by atoms with van der Waals surface area (Å²) in [5.74, 6) is 0.0726. The van der Waals surface area contributed by atoms with Crippen molar-refractivity contribution in [3.05, 3.63) is 70.8 Å². The van der Waals surface area contributed by atoms with Crippen LogP contribution in [0.1, 0.15) is 41.6 Å². The summed E-state index contributed by atoms with van der Waals surface area (Å²) in [5, 5.41) is 9.54. The molecule has 0 spiro atoms. The van der Waals surface area contributed by atoms with E-state index < -0.39 is 6.29 Å².